The van der Waals surface area contributed by atoms with Crippen molar-refractivity contribution in [1.82, 2.24) is 0 Å². The Labute approximate surface area is 134 Å². The lowest BCUT2D eigenvalue weighted by Gasteiger charge is -2.12. The predicted molar refractivity (Wildman–Crippen MR) is 98.7 cm³/mol. The molecule has 0 N–H and O–H groups in total. The number of rotatable bonds is 2. The summed E-state index contributed by atoms with van der Waals surface area (Å²) in [5.41, 5.74) is 2.63. The molecule has 4 aromatic rings. The molecule has 0 fully saturated rings. The van der Waals surface area contributed by atoms with Gasteiger partial charge in [0.15, 0.2) is 0 Å². The summed E-state index contributed by atoms with van der Waals surface area (Å²) < 4.78 is 0. The standard InChI is InChI=1S/C21H16S/c1-22-20-14-6-10-16-9-5-13-19(21(16)20)18-12-4-8-15-7-2-3-11-17(15)18/h2-14H,1H3. The molecule has 0 nitrogen and oxygen atoms in total. The minimum absolute atomic E-state index is 1.29. The molecule has 0 atom stereocenters. The summed E-state index contributed by atoms with van der Waals surface area (Å²) in [4.78, 5) is 1.33. The average molecular weight is 300 g/mol. The molecule has 0 amide bonds. The van der Waals surface area contributed by atoms with Gasteiger partial charge in [-0.25, -0.2) is 0 Å². The van der Waals surface area contributed by atoms with Crippen LogP contribution in [0.2, 0.25) is 0 Å². The van der Waals surface area contributed by atoms with Crippen molar-refractivity contribution in [1.29, 1.82) is 0 Å². The smallest absolute Gasteiger partial charge is 0.0154 e. The third-order valence-corrected chi connectivity index (χ3v) is 4.95. The summed E-state index contributed by atoms with van der Waals surface area (Å²) in [5.74, 6) is 0. The number of thioether (sulfide) groups is 1. The Kier molecular flexibility index (Phi) is 3.36. The van der Waals surface area contributed by atoms with Crippen LogP contribution in [0.1, 0.15) is 0 Å². The van der Waals surface area contributed by atoms with Gasteiger partial charge in [0.2, 0.25) is 0 Å². The lowest BCUT2D eigenvalue weighted by Crippen LogP contribution is -1.86. The predicted octanol–water partition coefficient (Wildman–Crippen LogP) is 6.38. The summed E-state index contributed by atoms with van der Waals surface area (Å²) in [6.45, 7) is 0. The second-order valence-corrected chi connectivity index (χ2v) is 6.24. The van der Waals surface area contributed by atoms with Crippen LogP contribution in [0, 0.1) is 0 Å². The Bertz CT molecular complexity index is 959. The monoisotopic (exact) mass is 300 g/mol. The van der Waals surface area contributed by atoms with E-state index < -0.39 is 0 Å². The van der Waals surface area contributed by atoms with Gasteiger partial charge in [-0.15, -0.1) is 11.8 Å². The van der Waals surface area contributed by atoms with E-state index in [4.69, 9.17) is 0 Å². The molecule has 22 heavy (non-hydrogen) atoms. The van der Waals surface area contributed by atoms with E-state index in [1.165, 1.54) is 37.6 Å². The first-order chi connectivity index (χ1) is 10.9. The molecule has 0 saturated heterocycles. The summed E-state index contributed by atoms with van der Waals surface area (Å²) in [7, 11) is 0. The van der Waals surface area contributed by atoms with Crippen molar-refractivity contribution in [2.75, 3.05) is 6.26 Å². The van der Waals surface area contributed by atoms with E-state index in [1.807, 2.05) is 11.8 Å². The molecule has 4 rings (SSSR count). The topological polar surface area (TPSA) is 0 Å². The van der Waals surface area contributed by atoms with Crippen molar-refractivity contribution < 1.29 is 0 Å². The maximum Gasteiger partial charge on any atom is 0.0154 e. The maximum absolute atomic E-state index is 2.24. The molecule has 0 aliphatic heterocycles. The van der Waals surface area contributed by atoms with Gasteiger partial charge in [-0.05, 0) is 39.6 Å². The van der Waals surface area contributed by atoms with Gasteiger partial charge in [0, 0.05) is 10.3 Å². The van der Waals surface area contributed by atoms with Gasteiger partial charge in [-0.3, -0.25) is 0 Å². The van der Waals surface area contributed by atoms with Gasteiger partial charge in [-0.2, -0.15) is 0 Å². The minimum Gasteiger partial charge on any atom is -0.129 e. The van der Waals surface area contributed by atoms with Crippen LogP contribution in [0.3, 0.4) is 0 Å². The van der Waals surface area contributed by atoms with E-state index in [9.17, 15) is 0 Å². The summed E-state index contributed by atoms with van der Waals surface area (Å²) in [5, 5.41) is 5.26. The fraction of sp³-hybridized carbons (Fsp3) is 0.0476. The molecule has 4 aromatic carbocycles. The molecule has 0 bridgehead atoms. The highest BCUT2D eigenvalue weighted by atomic mass is 32.2. The van der Waals surface area contributed by atoms with Crippen LogP contribution in [-0.2, 0) is 0 Å². The lowest BCUT2D eigenvalue weighted by atomic mass is 9.94. The van der Waals surface area contributed by atoms with Crippen molar-refractivity contribution in [2.45, 2.75) is 4.90 Å². The first-order valence-corrected chi connectivity index (χ1v) is 8.65. The zero-order chi connectivity index (χ0) is 14.9. The third kappa shape index (κ3) is 2.10. The van der Waals surface area contributed by atoms with Gasteiger partial charge in [-0.1, -0.05) is 72.8 Å². The van der Waals surface area contributed by atoms with E-state index in [0.717, 1.165) is 0 Å². The van der Waals surface area contributed by atoms with Crippen LogP contribution in [0.15, 0.2) is 83.8 Å². The summed E-state index contributed by atoms with van der Waals surface area (Å²) in [6, 6.07) is 28.3. The van der Waals surface area contributed by atoms with Crippen molar-refractivity contribution in [2.24, 2.45) is 0 Å². The van der Waals surface area contributed by atoms with Gasteiger partial charge >= 0.3 is 0 Å². The first-order valence-electron chi connectivity index (χ1n) is 7.42. The van der Waals surface area contributed by atoms with Crippen molar-refractivity contribution in [3.63, 3.8) is 0 Å². The van der Waals surface area contributed by atoms with Crippen molar-refractivity contribution in [3.8, 4) is 11.1 Å². The number of hydrogen-bond acceptors (Lipinski definition) is 1. The molecule has 0 heterocycles. The van der Waals surface area contributed by atoms with Crippen LogP contribution in [0.4, 0.5) is 0 Å². The minimum atomic E-state index is 1.29. The molecule has 1 heteroatoms. The molecule has 0 aliphatic carbocycles. The molecule has 0 aliphatic rings. The van der Waals surface area contributed by atoms with Gasteiger partial charge < -0.3 is 0 Å². The fourth-order valence-electron chi connectivity index (χ4n) is 3.16. The number of hydrogen-bond donors (Lipinski definition) is 0. The van der Waals surface area contributed by atoms with E-state index in [2.05, 4.69) is 85.1 Å². The van der Waals surface area contributed by atoms with Crippen LogP contribution >= 0.6 is 11.8 Å². The SMILES string of the molecule is CSc1cccc2cccc(-c3cccc4ccccc34)c12. The second-order valence-electron chi connectivity index (χ2n) is 5.39. The third-order valence-electron chi connectivity index (χ3n) is 4.17. The van der Waals surface area contributed by atoms with Crippen molar-refractivity contribution in [3.05, 3.63) is 78.9 Å². The second kappa shape index (κ2) is 5.51. The van der Waals surface area contributed by atoms with E-state index in [-0.39, 0.29) is 0 Å². The molecule has 0 aromatic heterocycles. The van der Waals surface area contributed by atoms with Crippen LogP contribution in [0.5, 0.6) is 0 Å². The van der Waals surface area contributed by atoms with Gasteiger partial charge in [0.25, 0.3) is 0 Å². The van der Waals surface area contributed by atoms with Gasteiger partial charge in [0.05, 0.1) is 0 Å². The first kappa shape index (κ1) is 13.4. The van der Waals surface area contributed by atoms with Crippen LogP contribution in [0.25, 0.3) is 32.7 Å². The largest absolute Gasteiger partial charge is 0.129 e. The number of fused-ring (bicyclic) bond motifs is 2. The Balaban J connectivity index is 2.13. The molecular weight excluding hydrogens is 284 g/mol. The quantitative estimate of drug-likeness (QED) is 0.387. The highest BCUT2D eigenvalue weighted by Gasteiger charge is 2.10. The molecule has 0 radical (unpaired) electrons. The van der Waals surface area contributed by atoms with Crippen molar-refractivity contribution >= 4 is 33.3 Å². The summed E-state index contributed by atoms with van der Waals surface area (Å²) >= 11 is 1.81. The normalized spacial score (nSPS) is 11.1. The molecular formula is C21H16S. The molecule has 0 spiro atoms. The van der Waals surface area contributed by atoms with Crippen LogP contribution in [-0.4, -0.2) is 6.26 Å². The Hall–Kier alpha value is -2.25. The van der Waals surface area contributed by atoms with E-state index in [1.54, 1.807) is 0 Å². The Morgan fingerprint density at radius 1 is 0.591 bits per heavy atom. The number of benzene rings is 4. The Morgan fingerprint density at radius 3 is 2.05 bits per heavy atom. The van der Waals surface area contributed by atoms with E-state index in [0.29, 0.717) is 0 Å². The van der Waals surface area contributed by atoms with Crippen LogP contribution < -0.4 is 0 Å². The molecule has 0 unspecified atom stereocenters. The summed E-state index contributed by atoms with van der Waals surface area (Å²) in [6.07, 6.45) is 2.15. The molecule has 106 valence electrons. The lowest BCUT2D eigenvalue weighted by molar-refractivity contribution is 1.54. The fourth-order valence-corrected chi connectivity index (χ4v) is 3.81. The average Bonchev–Trinajstić information content (AvgIpc) is 2.60. The molecule has 0 saturated carbocycles. The zero-order valence-electron chi connectivity index (χ0n) is 12.4. The van der Waals surface area contributed by atoms with E-state index >= 15 is 0 Å². The Morgan fingerprint density at radius 2 is 1.23 bits per heavy atom. The zero-order valence-corrected chi connectivity index (χ0v) is 13.2. The highest BCUT2D eigenvalue weighted by molar-refractivity contribution is 7.98. The van der Waals surface area contributed by atoms with Gasteiger partial charge in [0.1, 0.15) is 0 Å². The maximum atomic E-state index is 2.24. The highest BCUT2D eigenvalue weighted by Crippen LogP contribution is 2.37.